The maximum atomic E-state index is 11.4. The van der Waals surface area contributed by atoms with Crippen LogP contribution in [-0.4, -0.2) is 26.6 Å². The summed E-state index contributed by atoms with van der Waals surface area (Å²) in [6, 6.07) is 12.5. The molecule has 4 rings (SSSR count). The van der Waals surface area contributed by atoms with Crippen LogP contribution in [0.15, 0.2) is 67.3 Å². The molecule has 146 valence electrons. The zero-order valence-corrected chi connectivity index (χ0v) is 15.9. The zero-order chi connectivity index (χ0) is 20.4. The number of anilines is 1. The van der Waals surface area contributed by atoms with Crippen molar-refractivity contribution >= 4 is 22.1 Å². The van der Waals surface area contributed by atoms with Crippen LogP contribution in [0.4, 0.5) is 11.4 Å². The van der Waals surface area contributed by atoms with Crippen molar-refractivity contribution in [3.05, 3.63) is 88.8 Å². The van der Waals surface area contributed by atoms with Crippen molar-refractivity contribution in [2.45, 2.75) is 6.04 Å². The number of aryl methyl sites for hydroxylation is 1. The van der Waals surface area contributed by atoms with Gasteiger partial charge in [-0.25, -0.2) is 4.98 Å². The smallest absolute Gasteiger partial charge is 0.278 e. The second-order valence-electron chi connectivity index (χ2n) is 6.56. The summed E-state index contributed by atoms with van der Waals surface area (Å²) in [5.41, 5.74) is 1.77. The number of hydrogen-bond acceptors (Lipinski definition) is 6. The van der Waals surface area contributed by atoms with Gasteiger partial charge < -0.3 is 14.6 Å². The number of nitro benzene ring substituents is 1. The van der Waals surface area contributed by atoms with Crippen molar-refractivity contribution in [2.24, 2.45) is 7.05 Å². The first-order valence-corrected chi connectivity index (χ1v) is 8.97. The Bertz CT molecular complexity index is 1170. The lowest BCUT2D eigenvalue weighted by Crippen LogP contribution is -2.17. The van der Waals surface area contributed by atoms with Crippen LogP contribution in [-0.2, 0) is 7.05 Å². The number of rotatable bonds is 6. The second kappa shape index (κ2) is 7.59. The van der Waals surface area contributed by atoms with Gasteiger partial charge in [-0.15, -0.1) is 0 Å². The molecule has 0 aliphatic heterocycles. The number of pyridine rings is 1. The first kappa shape index (κ1) is 18.4. The Morgan fingerprint density at radius 1 is 1.10 bits per heavy atom. The molecule has 2 heterocycles. The van der Waals surface area contributed by atoms with Gasteiger partial charge in [0.1, 0.15) is 17.6 Å². The Kier molecular flexibility index (Phi) is 4.82. The summed E-state index contributed by atoms with van der Waals surface area (Å²) in [4.78, 5) is 19.6. The van der Waals surface area contributed by atoms with Crippen LogP contribution in [0, 0.1) is 10.1 Å². The highest BCUT2D eigenvalue weighted by Gasteiger charge is 2.21. The Balaban J connectivity index is 1.82. The van der Waals surface area contributed by atoms with E-state index in [-0.39, 0.29) is 11.7 Å². The van der Waals surface area contributed by atoms with E-state index in [1.165, 1.54) is 12.3 Å². The zero-order valence-electron chi connectivity index (χ0n) is 15.9. The Labute approximate surface area is 166 Å². The monoisotopic (exact) mass is 389 g/mol. The van der Waals surface area contributed by atoms with Crippen molar-refractivity contribution in [3.63, 3.8) is 0 Å². The van der Waals surface area contributed by atoms with E-state index >= 15 is 0 Å². The van der Waals surface area contributed by atoms with Gasteiger partial charge in [0.15, 0.2) is 0 Å². The maximum Gasteiger partial charge on any atom is 0.278 e. The highest BCUT2D eigenvalue weighted by Crippen LogP contribution is 2.34. The first-order chi connectivity index (χ1) is 14.1. The minimum Gasteiger partial charge on any atom is -0.497 e. The SMILES string of the molecule is COc1ccc(C(Nc2ccc([N+](=O)[O-])c3cnccc23)c2nccn2C)cc1. The average molecular weight is 389 g/mol. The number of nitrogens with one attached hydrogen (secondary N) is 1. The summed E-state index contributed by atoms with van der Waals surface area (Å²) in [5, 5.41) is 16.1. The topological polar surface area (TPSA) is 95.1 Å². The molecule has 0 saturated carbocycles. The molecule has 0 aliphatic rings. The third-order valence-corrected chi connectivity index (χ3v) is 4.86. The molecule has 1 N–H and O–H groups in total. The molecule has 8 nitrogen and oxygen atoms in total. The van der Waals surface area contributed by atoms with E-state index in [1.54, 1.807) is 31.6 Å². The standard InChI is InChI=1S/C21H19N5O3/c1-25-12-11-23-21(25)20(14-3-5-15(29-2)6-4-14)24-18-7-8-19(26(27)28)17-13-22-10-9-16(17)18/h3-13,20,24H,1-2H3. The molecule has 29 heavy (non-hydrogen) atoms. The number of hydrogen-bond donors (Lipinski definition) is 1. The molecular formula is C21H19N5O3. The van der Waals surface area contributed by atoms with Gasteiger partial charge in [0.05, 0.1) is 17.4 Å². The van der Waals surface area contributed by atoms with Gasteiger partial charge in [0.2, 0.25) is 0 Å². The van der Waals surface area contributed by atoms with Gasteiger partial charge in [-0.2, -0.15) is 0 Å². The molecule has 1 atom stereocenters. The highest BCUT2D eigenvalue weighted by molar-refractivity contribution is 5.99. The number of non-ortho nitro benzene ring substituents is 1. The molecule has 1 unspecified atom stereocenters. The van der Waals surface area contributed by atoms with E-state index in [2.05, 4.69) is 15.3 Å². The molecule has 8 heteroatoms. The predicted molar refractivity (Wildman–Crippen MR) is 110 cm³/mol. The molecule has 2 aromatic heterocycles. The van der Waals surface area contributed by atoms with Crippen LogP contribution in [0.25, 0.3) is 10.8 Å². The minimum absolute atomic E-state index is 0.0247. The number of imidazole rings is 1. The lowest BCUT2D eigenvalue weighted by atomic mass is 10.0. The Morgan fingerprint density at radius 2 is 1.90 bits per heavy atom. The van der Waals surface area contributed by atoms with Gasteiger partial charge >= 0.3 is 0 Å². The van der Waals surface area contributed by atoms with Crippen LogP contribution in [0.5, 0.6) is 5.75 Å². The van der Waals surface area contributed by atoms with Crippen molar-refractivity contribution in [1.29, 1.82) is 0 Å². The van der Waals surface area contributed by atoms with E-state index in [9.17, 15) is 10.1 Å². The summed E-state index contributed by atoms with van der Waals surface area (Å²) in [6.07, 6.45) is 6.76. The fourth-order valence-electron chi connectivity index (χ4n) is 3.36. The molecule has 0 radical (unpaired) electrons. The average Bonchev–Trinajstić information content (AvgIpc) is 3.17. The third-order valence-electron chi connectivity index (χ3n) is 4.86. The lowest BCUT2D eigenvalue weighted by molar-refractivity contribution is -0.383. The minimum atomic E-state index is -0.395. The number of benzene rings is 2. The summed E-state index contributed by atoms with van der Waals surface area (Å²) < 4.78 is 7.20. The van der Waals surface area contributed by atoms with E-state index in [1.807, 2.05) is 42.1 Å². The third kappa shape index (κ3) is 3.47. The highest BCUT2D eigenvalue weighted by atomic mass is 16.6. The van der Waals surface area contributed by atoms with Gasteiger partial charge in [0.25, 0.3) is 5.69 Å². The van der Waals surface area contributed by atoms with E-state index in [4.69, 9.17) is 4.74 Å². The van der Waals surface area contributed by atoms with Gasteiger partial charge in [-0.3, -0.25) is 15.1 Å². The molecule has 4 aromatic rings. The largest absolute Gasteiger partial charge is 0.497 e. The molecule has 0 fully saturated rings. The fraction of sp³-hybridized carbons (Fsp3) is 0.143. The number of methoxy groups -OCH3 is 1. The molecular weight excluding hydrogens is 370 g/mol. The van der Waals surface area contributed by atoms with Crippen LogP contribution in [0.1, 0.15) is 17.4 Å². The van der Waals surface area contributed by atoms with Crippen LogP contribution in [0.3, 0.4) is 0 Å². The first-order valence-electron chi connectivity index (χ1n) is 8.97. The number of aromatic nitrogens is 3. The summed E-state index contributed by atoms with van der Waals surface area (Å²) in [5.74, 6) is 1.58. The molecule has 0 saturated heterocycles. The van der Waals surface area contributed by atoms with Gasteiger partial charge in [0, 0.05) is 49.0 Å². The summed E-state index contributed by atoms with van der Waals surface area (Å²) in [7, 11) is 3.55. The fourth-order valence-corrected chi connectivity index (χ4v) is 3.36. The predicted octanol–water partition coefficient (Wildman–Crippen LogP) is 4.09. The number of fused-ring (bicyclic) bond motifs is 1. The summed E-state index contributed by atoms with van der Waals surface area (Å²) in [6.45, 7) is 0. The normalized spacial score (nSPS) is 11.9. The maximum absolute atomic E-state index is 11.4. The van der Waals surface area contributed by atoms with Crippen LogP contribution < -0.4 is 10.1 Å². The second-order valence-corrected chi connectivity index (χ2v) is 6.56. The van der Waals surface area contributed by atoms with Gasteiger partial charge in [-0.05, 0) is 29.8 Å². The van der Waals surface area contributed by atoms with Crippen LogP contribution >= 0.6 is 0 Å². The van der Waals surface area contributed by atoms with Gasteiger partial charge in [-0.1, -0.05) is 12.1 Å². The number of nitrogens with zero attached hydrogens (tertiary/aromatic N) is 4. The number of ether oxygens (including phenoxy) is 1. The van der Waals surface area contributed by atoms with Crippen molar-refractivity contribution in [3.8, 4) is 5.75 Å². The number of nitro groups is 1. The van der Waals surface area contributed by atoms with Crippen molar-refractivity contribution in [1.82, 2.24) is 14.5 Å². The molecule has 0 bridgehead atoms. The van der Waals surface area contributed by atoms with Crippen LogP contribution in [0.2, 0.25) is 0 Å². The van der Waals surface area contributed by atoms with E-state index < -0.39 is 4.92 Å². The molecule has 2 aromatic carbocycles. The summed E-state index contributed by atoms with van der Waals surface area (Å²) >= 11 is 0. The molecule has 0 amide bonds. The quantitative estimate of drug-likeness (QED) is 0.394. The molecule has 0 aliphatic carbocycles. The van der Waals surface area contributed by atoms with Crippen molar-refractivity contribution in [2.75, 3.05) is 12.4 Å². The lowest BCUT2D eigenvalue weighted by Gasteiger charge is -2.21. The Morgan fingerprint density at radius 3 is 2.55 bits per heavy atom. The Hall–Kier alpha value is -3.94. The van der Waals surface area contributed by atoms with E-state index in [0.29, 0.717) is 5.39 Å². The van der Waals surface area contributed by atoms with E-state index in [0.717, 1.165) is 28.2 Å². The molecule has 0 spiro atoms. The van der Waals surface area contributed by atoms with Crippen molar-refractivity contribution < 1.29 is 9.66 Å².